The number of hydrogen-bond acceptors (Lipinski definition) is 4. The molecule has 0 amide bonds. The molecule has 3 N–H and O–H groups in total. The Balaban J connectivity index is 2.88. The van der Waals surface area contributed by atoms with Crippen molar-refractivity contribution in [2.24, 2.45) is 0 Å². The van der Waals surface area contributed by atoms with Crippen LogP contribution in [0.5, 0.6) is 17.4 Å². The minimum Gasteiger partial charge on any atom is -0.508 e. The molecule has 0 bridgehead atoms. The van der Waals surface area contributed by atoms with Crippen LogP contribution in [-0.2, 0) is 0 Å². The number of furan rings is 1. The van der Waals surface area contributed by atoms with Crippen LogP contribution in [0.15, 0.2) is 22.6 Å². The van der Waals surface area contributed by atoms with Gasteiger partial charge in [0.2, 0.25) is 5.75 Å². The lowest BCUT2D eigenvalue weighted by Crippen LogP contribution is -1.64. The number of rotatable bonds is 0. The fourth-order valence-electron chi connectivity index (χ4n) is 1.06. The Morgan fingerprint density at radius 1 is 1.08 bits per heavy atom. The van der Waals surface area contributed by atoms with E-state index in [1.807, 2.05) is 0 Å². The summed E-state index contributed by atoms with van der Waals surface area (Å²) in [7, 11) is 0. The Morgan fingerprint density at radius 2 is 1.83 bits per heavy atom. The van der Waals surface area contributed by atoms with Crippen molar-refractivity contribution in [3.8, 4) is 17.4 Å². The summed E-state index contributed by atoms with van der Waals surface area (Å²) in [6, 6.07) is 4.18. The molecule has 0 saturated carbocycles. The van der Waals surface area contributed by atoms with Gasteiger partial charge in [-0.05, 0) is 18.2 Å². The topological polar surface area (TPSA) is 73.8 Å². The molecule has 1 aromatic heterocycles. The maximum absolute atomic E-state index is 9.17. The van der Waals surface area contributed by atoms with Gasteiger partial charge in [0.05, 0.1) is 5.39 Å². The maximum Gasteiger partial charge on any atom is 0.327 e. The van der Waals surface area contributed by atoms with E-state index in [0.29, 0.717) is 11.0 Å². The van der Waals surface area contributed by atoms with Crippen LogP contribution < -0.4 is 0 Å². The second-order valence-electron chi connectivity index (χ2n) is 2.44. The van der Waals surface area contributed by atoms with Crippen LogP contribution in [0.25, 0.3) is 11.0 Å². The van der Waals surface area contributed by atoms with Gasteiger partial charge < -0.3 is 19.7 Å². The standard InChI is InChI=1S/C8H6O4/c9-4-1-2-6-5(3-4)7(10)8(11)12-6/h1-3,9-11H. The summed E-state index contributed by atoms with van der Waals surface area (Å²) in [4.78, 5) is 0. The van der Waals surface area contributed by atoms with Gasteiger partial charge in [0, 0.05) is 0 Å². The van der Waals surface area contributed by atoms with Crippen LogP contribution in [-0.4, -0.2) is 15.3 Å². The molecule has 1 heterocycles. The zero-order valence-electron chi connectivity index (χ0n) is 5.98. The number of phenolic OH excluding ortho intramolecular Hbond substituents is 1. The Hall–Kier alpha value is -1.84. The Labute approximate surface area is 67.3 Å². The number of fused-ring (bicyclic) bond motifs is 1. The Morgan fingerprint density at radius 3 is 2.58 bits per heavy atom. The molecule has 0 unspecified atom stereocenters. The van der Waals surface area contributed by atoms with Crippen molar-refractivity contribution >= 4 is 11.0 Å². The van der Waals surface area contributed by atoms with E-state index in [-0.39, 0.29) is 11.5 Å². The van der Waals surface area contributed by atoms with Crippen LogP contribution in [0, 0.1) is 0 Å². The second-order valence-corrected chi connectivity index (χ2v) is 2.44. The maximum atomic E-state index is 9.17. The first kappa shape index (κ1) is 6.84. The van der Waals surface area contributed by atoms with E-state index < -0.39 is 5.95 Å². The van der Waals surface area contributed by atoms with Gasteiger partial charge in [-0.2, -0.15) is 0 Å². The third-order valence-electron chi connectivity index (χ3n) is 1.63. The summed E-state index contributed by atoms with van der Waals surface area (Å²) in [6.07, 6.45) is 0. The summed E-state index contributed by atoms with van der Waals surface area (Å²) in [5.74, 6) is -0.866. The van der Waals surface area contributed by atoms with Crippen molar-refractivity contribution in [3.63, 3.8) is 0 Å². The normalized spacial score (nSPS) is 10.7. The summed E-state index contributed by atoms with van der Waals surface area (Å²) in [5, 5.41) is 27.4. The molecule has 12 heavy (non-hydrogen) atoms. The molecule has 0 aliphatic carbocycles. The number of phenols is 1. The van der Waals surface area contributed by atoms with Gasteiger partial charge in [-0.1, -0.05) is 0 Å². The molecule has 2 rings (SSSR count). The van der Waals surface area contributed by atoms with Gasteiger partial charge in [-0.3, -0.25) is 0 Å². The summed E-state index contributed by atoms with van der Waals surface area (Å²) < 4.78 is 4.75. The van der Waals surface area contributed by atoms with Crippen molar-refractivity contribution in [2.75, 3.05) is 0 Å². The number of hydrogen-bond donors (Lipinski definition) is 3. The molecular formula is C8H6O4. The molecule has 1 aromatic carbocycles. The predicted molar refractivity (Wildman–Crippen MR) is 41.2 cm³/mol. The largest absolute Gasteiger partial charge is 0.508 e. The summed E-state index contributed by atoms with van der Waals surface area (Å²) >= 11 is 0. The molecule has 0 aliphatic heterocycles. The van der Waals surface area contributed by atoms with Gasteiger partial charge in [0.25, 0.3) is 0 Å². The molecule has 0 aliphatic rings. The Bertz CT molecular complexity index is 430. The highest BCUT2D eigenvalue weighted by Crippen LogP contribution is 2.38. The quantitative estimate of drug-likeness (QED) is 0.555. The van der Waals surface area contributed by atoms with Crippen LogP contribution in [0.1, 0.15) is 0 Å². The van der Waals surface area contributed by atoms with Gasteiger partial charge in [-0.25, -0.2) is 0 Å². The van der Waals surface area contributed by atoms with E-state index in [1.54, 1.807) is 0 Å². The van der Waals surface area contributed by atoms with Gasteiger partial charge >= 0.3 is 5.95 Å². The predicted octanol–water partition coefficient (Wildman–Crippen LogP) is 1.55. The van der Waals surface area contributed by atoms with Gasteiger partial charge in [0.15, 0.2) is 0 Å². The molecule has 4 heteroatoms. The SMILES string of the molecule is Oc1ccc2oc(O)c(O)c2c1. The van der Waals surface area contributed by atoms with Crippen molar-refractivity contribution < 1.29 is 19.7 Å². The minimum atomic E-state index is -0.532. The van der Waals surface area contributed by atoms with Gasteiger partial charge in [-0.15, -0.1) is 0 Å². The van der Waals surface area contributed by atoms with Crippen molar-refractivity contribution in [1.29, 1.82) is 0 Å². The number of aromatic hydroxyl groups is 3. The van der Waals surface area contributed by atoms with Crippen LogP contribution in [0.3, 0.4) is 0 Å². The average Bonchev–Trinajstić information content (AvgIpc) is 2.31. The Kier molecular flexibility index (Phi) is 1.18. The molecule has 0 radical (unpaired) electrons. The van der Waals surface area contributed by atoms with E-state index in [2.05, 4.69) is 0 Å². The smallest absolute Gasteiger partial charge is 0.327 e. The van der Waals surface area contributed by atoms with Crippen LogP contribution in [0.2, 0.25) is 0 Å². The zero-order valence-corrected chi connectivity index (χ0v) is 5.98. The van der Waals surface area contributed by atoms with Crippen molar-refractivity contribution in [2.45, 2.75) is 0 Å². The molecule has 0 saturated heterocycles. The summed E-state index contributed by atoms with van der Waals surface area (Å²) in [5.41, 5.74) is 0.336. The highest BCUT2D eigenvalue weighted by Gasteiger charge is 2.11. The first-order valence-corrected chi connectivity index (χ1v) is 3.32. The van der Waals surface area contributed by atoms with Crippen LogP contribution >= 0.6 is 0 Å². The third kappa shape index (κ3) is 0.780. The fraction of sp³-hybridized carbons (Fsp3) is 0. The van der Waals surface area contributed by atoms with Crippen molar-refractivity contribution in [3.05, 3.63) is 18.2 Å². The molecule has 2 aromatic rings. The average molecular weight is 166 g/mol. The zero-order chi connectivity index (χ0) is 8.72. The van der Waals surface area contributed by atoms with E-state index in [4.69, 9.17) is 19.7 Å². The fourth-order valence-corrected chi connectivity index (χ4v) is 1.06. The lowest BCUT2D eigenvalue weighted by atomic mass is 10.2. The lowest BCUT2D eigenvalue weighted by Gasteiger charge is -1.89. The van der Waals surface area contributed by atoms with E-state index in [1.165, 1.54) is 18.2 Å². The highest BCUT2D eigenvalue weighted by molar-refractivity contribution is 5.87. The van der Waals surface area contributed by atoms with Gasteiger partial charge in [0.1, 0.15) is 11.3 Å². The van der Waals surface area contributed by atoms with E-state index in [0.717, 1.165) is 0 Å². The van der Waals surface area contributed by atoms with E-state index in [9.17, 15) is 0 Å². The monoisotopic (exact) mass is 166 g/mol. The first-order chi connectivity index (χ1) is 5.68. The first-order valence-electron chi connectivity index (χ1n) is 3.32. The number of benzene rings is 1. The molecule has 0 spiro atoms. The molecular weight excluding hydrogens is 160 g/mol. The minimum absolute atomic E-state index is 0.0126. The molecule has 4 nitrogen and oxygen atoms in total. The molecule has 62 valence electrons. The lowest BCUT2D eigenvalue weighted by molar-refractivity contribution is 0.316. The summed E-state index contributed by atoms with van der Waals surface area (Å²) in [6.45, 7) is 0. The molecule has 0 fully saturated rings. The van der Waals surface area contributed by atoms with Crippen LogP contribution in [0.4, 0.5) is 0 Å². The van der Waals surface area contributed by atoms with E-state index >= 15 is 0 Å². The second kappa shape index (κ2) is 2.07. The van der Waals surface area contributed by atoms with Crippen molar-refractivity contribution in [1.82, 2.24) is 0 Å². The highest BCUT2D eigenvalue weighted by atomic mass is 16.5. The molecule has 0 atom stereocenters. The third-order valence-corrected chi connectivity index (χ3v) is 1.63.